The van der Waals surface area contributed by atoms with E-state index in [1.165, 1.54) is 16.7 Å². The molecule has 1 atom stereocenters. The van der Waals surface area contributed by atoms with Crippen molar-refractivity contribution in [2.75, 3.05) is 13.7 Å². The average molecular weight is 421 g/mol. The number of methoxy groups -OCH3 is 1. The molecule has 0 unspecified atom stereocenters. The first-order chi connectivity index (χ1) is 14.9. The van der Waals surface area contributed by atoms with Crippen LogP contribution in [-0.2, 0) is 9.53 Å². The van der Waals surface area contributed by atoms with Gasteiger partial charge in [0.2, 0.25) is 0 Å². The molecular formula is C24H27N3O4. The van der Waals surface area contributed by atoms with Gasteiger partial charge in [0.25, 0.3) is 11.5 Å². The van der Waals surface area contributed by atoms with Crippen molar-refractivity contribution in [1.29, 1.82) is 0 Å². The fraction of sp³-hybridized carbons (Fsp3) is 0.333. The van der Waals surface area contributed by atoms with Crippen LogP contribution in [0.3, 0.4) is 0 Å². The molecule has 7 heteroatoms. The summed E-state index contributed by atoms with van der Waals surface area (Å²) in [6.07, 6.45) is 0.592. The fourth-order valence-corrected chi connectivity index (χ4v) is 3.69. The van der Waals surface area contributed by atoms with Gasteiger partial charge in [-0.1, -0.05) is 55.5 Å². The molecule has 1 heterocycles. The van der Waals surface area contributed by atoms with Crippen LogP contribution in [0.2, 0.25) is 0 Å². The fourth-order valence-electron chi connectivity index (χ4n) is 3.69. The predicted octanol–water partition coefficient (Wildman–Crippen LogP) is 3.74. The van der Waals surface area contributed by atoms with Gasteiger partial charge in [-0.05, 0) is 31.9 Å². The normalized spacial score (nSPS) is 12.0. The average Bonchev–Trinajstić information content (AvgIpc) is 2.79. The van der Waals surface area contributed by atoms with E-state index in [9.17, 15) is 14.4 Å². The molecule has 31 heavy (non-hydrogen) atoms. The van der Waals surface area contributed by atoms with E-state index in [-0.39, 0.29) is 29.9 Å². The standard InChI is InChI=1S/C24H27N3O4/c1-5-20(17-11-7-6-8-12-17)26(15-21(28)31-4)24(30)22-18-13-9-10-14-19(18)23(29)27(25-22)16(2)3/h6-14,16,20H,5,15H2,1-4H3/t20-/m1/s1. The molecule has 0 bridgehead atoms. The van der Waals surface area contributed by atoms with Gasteiger partial charge in [-0.2, -0.15) is 5.10 Å². The number of benzene rings is 2. The van der Waals surface area contributed by atoms with Crippen molar-refractivity contribution in [1.82, 2.24) is 14.7 Å². The molecule has 0 N–H and O–H groups in total. The van der Waals surface area contributed by atoms with Gasteiger partial charge in [0.15, 0.2) is 5.69 Å². The molecule has 0 spiro atoms. The first-order valence-corrected chi connectivity index (χ1v) is 10.3. The summed E-state index contributed by atoms with van der Waals surface area (Å²) in [5.74, 6) is -0.948. The summed E-state index contributed by atoms with van der Waals surface area (Å²) in [5.41, 5.74) is 0.794. The molecule has 1 amide bonds. The van der Waals surface area contributed by atoms with E-state index < -0.39 is 11.9 Å². The summed E-state index contributed by atoms with van der Waals surface area (Å²) in [6.45, 7) is 5.40. The topological polar surface area (TPSA) is 81.5 Å². The zero-order valence-electron chi connectivity index (χ0n) is 18.2. The van der Waals surface area contributed by atoms with Crippen molar-refractivity contribution in [2.24, 2.45) is 0 Å². The lowest BCUT2D eigenvalue weighted by molar-refractivity contribution is -0.141. The minimum Gasteiger partial charge on any atom is -0.468 e. The predicted molar refractivity (Wildman–Crippen MR) is 119 cm³/mol. The van der Waals surface area contributed by atoms with Crippen LogP contribution in [0, 0.1) is 0 Å². The highest BCUT2D eigenvalue weighted by Crippen LogP contribution is 2.27. The van der Waals surface area contributed by atoms with Gasteiger partial charge in [-0.3, -0.25) is 14.4 Å². The molecule has 0 aliphatic heterocycles. The van der Waals surface area contributed by atoms with E-state index in [0.29, 0.717) is 17.2 Å². The number of hydrogen-bond acceptors (Lipinski definition) is 5. The van der Waals surface area contributed by atoms with Crippen molar-refractivity contribution in [2.45, 2.75) is 39.3 Å². The van der Waals surface area contributed by atoms with Crippen LogP contribution in [-0.4, -0.2) is 40.2 Å². The smallest absolute Gasteiger partial charge is 0.325 e. The Balaban J connectivity index is 2.20. The molecule has 0 radical (unpaired) electrons. The minimum atomic E-state index is -0.524. The van der Waals surface area contributed by atoms with Crippen LogP contribution in [0.15, 0.2) is 59.4 Å². The molecule has 3 rings (SSSR count). The molecule has 0 fully saturated rings. The van der Waals surface area contributed by atoms with E-state index in [2.05, 4.69) is 5.10 Å². The summed E-state index contributed by atoms with van der Waals surface area (Å²) in [4.78, 5) is 40.4. The number of carbonyl (C=O) groups is 2. The van der Waals surface area contributed by atoms with E-state index in [1.54, 1.807) is 24.3 Å². The summed E-state index contributed by atoms with van der Waals surface area (Å²) in [5, 5.41) is 5.31. The lowest BCUT2D eigenvalue weighted by Gasteiger charge is -2.31. The largest absolute Gasteiger partial charge is 0.468 e. The number of ether oxygens (including phenoxy) is 1. The number of fused-ring (bicyclic) bond motifs is 1. The molecule has 162 valence electrons. The van der Waals surface area contributed by atoms with Crippen LogP contribution in [0.4, 0.5) is 0 Å². The number of aromatic nitrogens is 2. The van der Waals surface area contributed by atoms with Crippen molar-refractivity contribution in [3.05, 3.63) is 76.2 Å². The minimum absolute atomic E-state index is 0.141. The number of amides is 1. The first kappa shape index (κ1) is 22.2. The maximum Gasteiger partial charge on any atom is 0.325 e. The second-order valence-electron chi connectivity index (χ2n) is 7.58. The Hall–Kier alpha value is -3.48. The maximum atomic E-state index is 13.8. The molecule has 0 aliphatic carbocycles. The Morgan fingerprint density at radius 3 is 2.23 bits per heavy atom. The van der Waals surface area contributed by atoms with Gasteiger partial charge in [-0.15, -0.1) is 0 Å². The molecular weight excluding hydrogens is 394 g/mol. The van der Waals surface area contributed by atoms with E-state index >= 15 is 0 Å². The summed E-state index contributed by atoms with van der Waals surface area (Å²) in [6, 6.07) is 15.9. The summed E-state index contributed by atoms with van der Waals surface area (Å²) < 4.78 is 6.17. The van der Waals surface area contributed by atoms with E-state index in [0.717, 1.165) is 5.56 Å². The highest BCUT2D eigenvalue weighted by molar-refractivity contribution is 6.05. The monoisotopic (exact) mass is 421 g/mol. The van der Waals surface area contributed by atoms with Crippen LogP contribution in [0.5, 0.6) is 0 Å². The van der Waals surface area contributed by atoms with E-state index in [4.69, 9.17) is 4.74 Å². The number of nitrogens with zero attached hydrogens (tertiary/aromatic N) is 3. The van der Waals surface area contributed by atoms with Crippen molar-refractivity contribution in [3.63, 3.8) is 0 Å². The molecule has 0 saturated carbocycles. The van der Waals surface area contributed by atoms with Crippen molar-refractivity contribution < 1.29 is 14.3 Å². The van der Waals surface area contributed by atoms with Gasteiger partial charge in [0.1, 0.15) is 6.54 Å². The van der Waals surface area contributed by atoms with Crippen LogP contribution in [0.1, 0.15) is 55.3 Å². The molecule has 0 saturated heterocycles. The number of esters is 1. The van der Waals surface area contributed by atoms with Crippen molar-refractivity contribution in [3.8, 4) is 0 Å². The Labute approximate surface area is 181 Å². The molecule has 1 aromatic heterocycles. The summed E-state index contributed by atoms with van der Waals surface area (Å²) >= 11 is 0. The maximum absolute atomic E-state index is 13.8. The molecule has 0 aliphatic rings. The molecule has 7 nitrogen and oxygen atoms in total. The third-order valence-corrected chi connectivity index (χ3v) is 5.26. The van der Waals surface area contributed by atoms with Gasteiger partial charge < -0.3 is 9.64 Å². The highest BCUT2D eigenvalue weighted by Gasteiger charge is 2.30. The number of hydrogen-bond donors (Lipinski definition) is 0. The first-order valence-electron chi connectivity index (χ1n) is 10.3. The van der Waals surface area contributed by atoms with Gasteiger partial charge in [0, 0.05) is 5.39 Å². The summed E-state index contributed by atoms with van der Waals surface area (Å²) in [7, 11) is 1.29. The third-order valence-electron chi connectivity index (χ3n) is 5.26. The zero-order chi connectivity index (χ0) is 22.5. The Morgan fingerprint density at radius 2 is 1.65 bits per heavy atom. The van der Waals surface area contributed by atoms with Gasteiger partial charge in [0.05, 0.1) is 24.6 Å². The van der Waals surface area contributed by atoms with Gasteiger partial charge in [-0.25, -0.2) is 4.68 Å². The second kappa shape index (κ2) is 9.55. The van der Waals surface area contributed by atoms with Crippen molar-refractivity contribution >= 4 is 22.6 Å². The Bertz CT molecular complexity index is 1140. The van der Waals surface area contributed by atoms with Gasteiger partial charge >= 0.3 is 5.97 Å². The molecule has 3 aromatic rings. The van der Waals surface area contributed by atoms with Crippen LogP contribution >= 0.6 is 0 Å². The number of carbonyl (C=O) groups excluding carboxylic acids is 2. The highest BCUT2D eigenvalue weighted by atomic mass is 16.5. The number of rotatable bonds is 7. The van der Waals surface area contributed by atoms with Crippen LogP contribution in [0.25, 0.3) is 10.8 Å². The zero-order valence-corrected chi connectivity index (χ0v) is 18.2. The SMILES string of the molecule is CC[C@H](c1ccccc1)N(CC(=O)OC)C(=O)c1nn(C(C)C)c(=O)c2ccccc12. The quantitative estimate of drug-likeness (QED) is 0.543. The Kier molecular flexibility index (Phi) is 6.84. The molecule has 2 aromatic carbocycles. The third kappa shape index (κ3) is 4.50. The Morgan fingerprint density at radius 1 is 1.03 bits per heavy atom. The van der Waals surface area contributed by atoms with E-state index in [1.807, 2.05) is 51.1 Å². The lowest BCUT2D eigenvalue weighted by atomic mass is 10.0. The lowest BCUT2D eigenvalue weighted by Crippen LogP contribution is -2.40. The van der Waals surface area contributed by atoms with Crippen LogP contribution < -0.4 is 5.56 Å². The second-order valence-corrected chi connectivity index (χ2v) is 7.58.